The Labute approximate surface area is 144 Å². The summed E-state index contributed by atoms with van der Waals surface area (Å²) in [6.45, 7) is 1.06. The van der Waals surface area contributed by atoms with Gasteiger partial charge in [-0.3, -0.25) is 10.1 Å². The Kier molecular flexibility index (Phi) is 5.48. The van der Waals surface area contributed by atoms with Crippen molar-refractivity contribution in [2.45, 2.75) is 12.5 Å². The Balaban J connectivity index is 0.00000208. The zero-order chi connectivity index (χ0) is 16.4. The number of nitro benzene ring substituents is 1. The lowest BCUT2D eigenvalue weighted by molar-refractivity contribution is -0.384. The lowest BCUT2D eigenvalue weighted by Gasteiger charge is -2.27. The summed E-state index contributed by atoms with van der Waals surface area (Å²) in [4.78, 5) is 10.2. The summed E-state index contributed by atoms with van der Waals surface area (Å²) in [6, 6.07) is 8.88. The molecule has 1 aliphatic rings. The van der Waals surface area contributed by atoms with Gasteiger partial charge in [-0.1, -0.05) is 0 Å². The van der Waals surface area contributed by atoms with E-state index >= 15 is 0 Å². The van der Waals surface area contributed by atoms with E-state index in [1.165, 1.54) is 12.1 Å². The summed E-state index contributed by atoms with van der Waals surface area (Å²) in [5.74, 6) is 0.251. The van der Waals surface area contributed by atoms with Crippen molar-refractivity contribution in [1.29, 1.82) is 0 Å². The van der Waals surface area contributed by atoms with Crippen molar-refractivity contribution >= 4 is 18.1 Å². The van der Waals surface area contributed by atoms with Crippen LogP contribution < -0.4 is 10.1 Å². The molecule has 0 saturated heterocycles. The van der Waals surface area contributed by atoms with Crippen molar-refractivity contribution in [2.75, 3.05) is 13.2 Å². The number of nitrogens with zero attached hydrogens (tertiary/aromatic N) is 1. The molecule has 0 fully saturated rings. The molecular weight excluding hydrogens is 336 g/mol. The molecule has 128 valence electrons. The van der Waals surface area contributed by atoms with Crippen molar-refractivity contribution in [3.05, 3.63) is 57.6 Å². The molecule has 2 aromatic carbocycles. The highest BCUT2D eigenvalue weighted by Crippen LogP contribution is 2.33. The third-order valence-electron chi connectivity index (χ3n) is 3.86. The van der Waals surface area contributed by atoms with Gasteiger partial charge in [0.2, 0.25) is 0 Å². The van der Waals surface area contributed by atoms with E-state index in [1.807, 2.05) is 0 Å². The first kappa shape index (κ1) is 17.8. The molecule has 1 heterocycles. The Hall–Kier alpha value is -2.51. The molecule has 1 atom stereocenters. The van der Waals surface area contributed by atoms with E-state index in [2.05, 4.69) is 5.32 Å². The highest BCUT2D eigenvalue weighted by atomic mass is 35.5. The molecule has 0 radical (unpaired) electrons. The zero-order valence-corrected chi connectivity index (χ0v) is 13.5. The number of hydrogen-bond acceptors (Lipinski definition) is 6. The fourth-order valence-electron chi connectivity index (χ4n) is 2.66. The third-order valence-corrected chi connectivity index (χ3v) is 3.86. The number of hydrogen-bond donors (Lipinski definition) is 3. The van der Waals surface area contributed by atoms with Crippen molar-refractivity contribution < 1.29 is 19.9 Å². The third kappa shape index (κ3) is 3.69. The van der Waals surface area contributed by atoms with Gasteiger partial charge in [-0.05, 0) is 48.4 Å². The maximum atomic E-state index is 10.6. The molecule has 3 N–H and O–H groups in total. The van der Waals surface area contributed by atoms with Crippen LogP contribution in [0.1, 0.15) is 17.2 Å². The van der Waals surface area contributed by atoms with E-state index in [-0.39, 0.29) is 35.6 Å². The van der Waals surface area contributed by atoms with Crippen LogP contribution in [-0.4, -0.2) is 28.3 Å². The molecular formula is C16H17ClN2O5. The van der Waals surface area contributed by atoms with Gasteiger partial charge in [0.1, 0.15) is 12.4 Å². The Bertz CT molecular complexity index is 736. The first-order valence-corrected chi connectivity index (χ1v) is 7.20. The second kappa shape index (κ2) is 7.37. The minimum absolute atomic E-state index is 0. The summed E-state index contributed by atoms with van der Waals surface area (Å²) < 4.78 is 5.68. The van der Waals surface area contributed by atoms with Crippen LogP contribution in [-0.2, 0) is 6.42 Å². The number of aromatic hydroxyl groups is 2. The minimum atomic E-state index is -0.460. The molecule has 0 saturated carbocycles. The highest BCUT2D eigenvalue weighted by Gasteiger charge is 2.22. The maximum absolute atomic E-state index is 10.6. The first-order chi connectivity index (χ1) is 11.0. The normalized spacial score (nSPS) is 15.9. The largest absolute Gasteiger partial charge is 0.504 e. The number of ether oxygens (including phenoxy) is 1. The Morgan fingerprint density at radius 3 is 2.54 bits per heavy atom. The lowest BCUT2D eigenvalue weighted by Crippen LogP contribution is -2.33. The SMILES string of the molecule is Cl.O=[N+]([O-])c1ccc(OCC2NCCc3cc(O)c(O)cc32)cc1. The van der Waals surface area contributed by atoms with Gasteiger partial charge in [0, 0.05) is 12.1 Å². The average molecular weight is 353 g/mol. The van der Waals surface area contributed by atoms with Gasteiger partial charge in [-0.15, -0.1) is 12.4 Å². The summed E-state index contributed by atoms with van der Waals surface area (Å²) in [7, 11) is 0. The molecule has 8 heteroatoms. The molecule has 0 aromatic heterocycles. The lowest BCUT2D eigenvalue weighted by atomic mass is 9.94. The van der Waals surface area contributed by atoms with Crippen LogP contribution in [0, 0.1) is 10.1 Å². The van der Waals surface area contributed by atoms with Crippen LogP contribution in [0.5, 0.6) is 17.2 Å². The highest BCUT2D eigenvalue weighted by molar-refractivity contribution is 5.85. The van der Waals surface area contributed by atoms with E-state index in [9.17, 15) is 20.3 Å². The number of non-ortho nitro benzene ring substituents is 1. The monoisotopic (exact) mass is 352 g/mol. The minimum Gasteiger partial charge on any atom is -0.504 e. The Morgan fingerprint density at radius 2 is 1.88 bits per heavy atom. The predicted molar refractivity (Wildman–Crippen MR) is 90.1 cm³/mol. The fourth-order valence-corrected chi connectivity index (χ4v) is 2.66. The van der Waals surface area contributed by atoms with Crippen LogP contribution in [0.25, 0.3) is 0 Å². The predicted octanol–water partition coefficient (Wildman–Crippen LogP) is 2.69. The zero-order valence-electron chi connectivity index (χ0n) is 12.6. The molecule has 3 rings (SSSR count). The van der Waals surface area contributed by atoms with E-state index in [0.717, 1.165) is 24.1 Å². The summed E-state index contributed by atoms with van der Waals surface area (Å²) in [5, 5.41) is 33.2. The number of fused-ring (bicyclic) bond motifs is 1. The van der Waals surface area contributed by atoms with Gasteiger partial charge in [0.15, 0.2) is 11.5 Å². The molecule has 7 nitrogen and oxygen atoms in total. The number of benzene rings is 2. The van der Waals surface area contributed by atoms with Gasteiger partial charge in [0.25, 0.3) is 5.69 Å². The van der Waals surface area contributed by atoms with Gasteiger partial charge in [-0.2, -0.15) is 0 Å². The van der Waals surface area contributed by atoms with Crippen molar-refractivity contribution in [2.24, 2.45) is 0 Å². The molecule has 0 aliphatic carbocycles. The first-order valence-electron chi connectivity index (χ1n) is 7.20. The molecule has 0 bridgehead atoms. The van der Waals surface area contributed by atoms with E-state index in [0.29, 0.717) is 12.4 Å². The fraction of sp³-hybridized carbons (Fsp3) is 0.250. The van der Waals surface area contributed by atoms with Crippen molar-refractivity contribution in [3.63, 3.8) is 0 Å². The summed E-state index contributed by atoms with van der Waals surface area (Å²) >= 11 is 0. The van der Waals surface area contributed by atoms with Gasteiger partial charge >= 0.3 is 0 Å². The van der Waals surface area contributed by atoms with E-state index in [4.69, 9.17) is 4.74 Å². The van der Waals surface area contributed by atoms with Gasteiger partial charge in [0.05, 0.1) is 11.0 Å². The van der Waals surface area contributed by atoms with Gasteiger partial charge < -0.3 is 20.3 Å². The molecule has 1 aliphatic heterocycles. The Morgan fingerprint density at radius 1 is 1.21 bits per heavy atom. The number of phenolic OH excluding ortho intramolecular Hbond substituents is 2. The van der Waals surface area contributed by atoms with Crippen LogP contribution in [0.2, 0.25) is 0 Å². The molecule has 24 heavy (non-hydrogen) atoms. The number of rotatable bonds is 4. The van der Waals surface area contributed by atoms with Crippen LogP contribution in [0.15, 0.2) is 36.4 Å². The topological polar surface area (TPSA) is 105 Å². The number of nitrogens with one attached hydrogen (secondary N) is 1. The van der Waals surface area contributed by atoms with Crippen LogP contribution >= 0.6 is 12.4 Å². The standard InChI is InChI=1S/C16H16N2O5.ClH/c19-15-7-10-5-6-17-14(13(10)8-16(15)20)9-23-12-3-1-11(2-4-12)18(21)22;/h1-4,7-8,14,17,19-20H,5-6,9H2;1H. The number of phenols is 2. The van der Waals surface area contributed by atoms with Crippen LogP contribution in [0.3, 0.4) is 0 Å². The summed E-state index contributed by atoms with van der Waals surface area (Å²) in [6.07, 6.45) is 0.761. The summed E-state index contributed by atoms with van der Waals surface area (Å²) in [5.41, 5.74) is 1.86. The molecule has 1 unspecified atom stereocenters. The number of nitro groups is 1. The average Bonchev–Trinajstić information content (AvgIpc) is 2.54. The maximum Gasteiger partial charge on any atom is 0.269 e. The molecule has 0 amide bonds. The van der Waals surface area contributed by atoms with E-state index < -0.39 is 4.92 Å². The number of halogens is 1. The van der Waals surface area contributed by atoms with Crippen molar-refractivity contribution in [3.8, 4) is 17.2 Å². The second-order valence-corrected chi connectivity index (χ2v) is 5.36. The second-order valence-electron chi connectivity index (χ2n) is 5.36. The quantitative estimate of drug-likeness (QED) is 0.444. The van der Waals surface area contributed by atoms with Gasteiger partial charge in [-0.25, -0.2) is 0 Å². The smallest absolute Gasteiger partial charge is 0.269 e. The van der Waals surface area contributed by atoms with Crippen LogP contribution in [0.4, 0.5) is 5.69 Å². The molecule has 0 spiro atoms. The van der Waals surface area contributed by atoms with E-state index in [1.54, 1.807) is 24.3 Å². The molecule has 2 aromatic rings. The van der Waals surface area contributed by atoms with Crippen molar-refractivity contribution in [1.82, 2.24) is 5.32 Å².